The highest BCUT2D eigenvalue weighted by atomic mass is 35.5. The van der Waals surface area contributed by atoms with Gasteiger partial charge in [0.05, 0.1) is 5.02 Å². The molecule has 0 radical (unpaired) electrons. The van der Waals surface area contributed by atoms with Gasteiger partial charge < -0.3 is 5.32 Å². The third-order valence-electron chi connectivity index (χ3n) is 3.38. The minimum absolute atomic E-state index is 0.0549. The van der Waals surface area contributed by atoms with Gasteiger partial charge in [-0.25, -0.2) is 13.2 Å². The largest absolute Gasteiger partial charge is 0.316 e. The van der Waals surface area contributed by atoms with Gasteiger partial charge in [0.2, 0.25) is 0 Å². The van der Waals surface area contributed by atoms with Crippen molar-refractivity contribution in [3.05, 3.63) is 70.0 Å². The summed E-state index contributed by atoms with van der Waals surface area (Å²) in [5.41, 5.74) is 0.704. The summed E-state index contributed by atoms with van der Waals surface area (Å²) in [6.07, 6.45) is 0.588. The van der Waals surface area contributed by atoms with E-state index >= 15 is 0 Å². The average Bonchev–Trinajstić information content (AvgIpc) is 2.46. The number of likely N-dealkylation sites (N-methyl/N-ethyl adjacent to an activating group) is 1. The standard InChI is InChI=1S/C16H15ClF3N/c1-21-13(8-10-3-2-4-14(17)16(10)20)9-11-7-12(18)5-6-15(11)19/h2-7,13,21H,8-9H2,1H3. The van der Waals surface area contributed by atoms with Gasteiger partial charge in [-0.3, -0.25) is 0 Å². The molecule has 2 rings (SSSR count). The fraction of sp³-hybridized carbons (Fsp3) is 0.250. The van der Waals surface area contributed by atoms with Crippen molar-refractivity contribution in [3.63, 3.8) is 0 Å². The second-order valence-corrected chi connectivity index (χ2v) is 5.25. The van der Waals surface area contributed by atoms with Crippen LogP contribution in [0, 0.1) is 17.5 Å². The number of benzene rings is 2. The SMILES string of the molecule is CNC(Cc1cc(F)ccc1F)Cc1cccc(Cl)c1F. The first kappa shape index (κ1) is 15.9. The van der Waals surface area contributed by atoms with Crippen LogP contribution in [0.15, 0.2) is 36.4 Å². The molecule has 5 heteroatoms. The van der Waals surface area contributed by atoms with Crippen molar-refractivity contribution in [1.29, 1.82) is 0 Å². The van der Waals surface area contributed by atoms with Crippen molar-refractivity contribution in [1.82, 2.24) is 5.32 Å². The summed E-state index contributed by atoms with van der Waals surface area (Å²) in [6, 6.07) is 7.87. The monoisotopic (exact) mass is 313 g/mol. The molecule has 0 spiro atoms. The lowest BCUT2D eigenvalue weighted by atomic mass is 9.98. The Balaban J connectivity index is 2.17. The molecule has 0 aliphatic heterocycles. The van der Waals surface area contributed by atoms with Gasteiger partial charge >= 0.3 is 0 Å². The lowest BCUT2D eigenvalue weighted by Gasteiger charge is -2.17. The fourth-order valence-electron chi connectivity index (χ4n) is 2.21. The Morgan fingerprint density at radius 3 is 2.48 bits per heavy atom. The van der Waals surface area contributed by atoms with E-state index in [1.165, 1.54) is 6.07 Å². The zero-order chi connectivity index (χ0) is 15.4. The number of rotatable bonds is 5. The van der Waals surface area contributed by atoms with E-state index in [0.717, 1.165) is 18.2 Å². The van der Waals surface area contributed by atoms with Crippen molar-refractivity contribution in [3.8, 4) is 0 Å². The van der Waals surface area contributed by atoms with Crippen molar-refractivity contribution in [2.75, 3.05) is 7.05 Å². The molecule has 1 nitrogen and oxygen atoms in total. The van der Waals surface area contributed by atoms with Crippen LogP contribution in [0.3, 0.4) is 0 Å². The fourth-order valence-corrected chi connectivity index (χ4v) is 2.41. The summed E-state index contributed by atoms with van der Waals surface area (Å²) < 4.78 is 40.7. The van der Waals surface area contributed by atoms with E-state index in [1.54, 1.807) is 19.2 Å². The van der Waals surface area contributed by atoms with Crippen LogP contribution in [-0.4, -0.2) is 13.1 Å². The van der Waals surface area contributed by atoms with E-state index in [2.05, 4.69) is 5.32 Å². The predicted octanol–water partition coefficient (Wildman–Crippen LogP) is 4.13. The third kappa shape index (κ3) is 3.99. The van der Waals surface area contributed by atoms with Gasteiger partial charge in [-0.1, -0.05) is 23.7 Å². The molecule has 0 aromatic heterocycles. The van der Waals surface area contributed by atoms with Gasteiger partial charge in [0.1, 0.15) is 17.5 Å². The highest BCUT2D eigenvalue weighted by molar-refractivity contribution is 6.30. The Bertz CT molecular complexity index is 627. The van der Waals surface area contributed by atoms with Gasteiger partial charge in [0, 0.05) is 6.04 Å². The molecule has 1 atom stereocenters. The van der Waals surface area contributed by atoms with Crippen LogP contribution in [0.5, 0.6) is 0 Å². The Hall–Kier alpha value is -1.52. The molecular formula is C16H15ClF3N. The van der Waals surface area contributed by atoms with Crippen molar-refractivity contribution < 1.29 is 13.2 Å². The maximum atomic E-state index is 13.9. The van der Waals surface area contributed by atoms with E-state index < -0.39 is 17.5 Å². The molecule has 1 unspecified atom stereocenters. The van der Waals surface area contributed by atoms with Crippen LogP contribution in [0.1, 0.15) is 11.1 Å². The first-order valence-electron chi connectivity index (χ1n) is 6.55. The van der Waals surface area contributed by atoms with Crippen molar-refractivity contribution >= 4 is 11.6 Å². The Morgan fingerprint density at radius 2 is 1.76 bits per heavy atom. The van der Waals surface area contributed by atoms with Crippen molar-refractivity contribution in [2.24, 2.45) is 0 Å². The predicted molar refractivity (Wildman–Crippen MR) is 78.0 cm³/mol. The molecule has 112 valence electrons. The number of nitrogens with one attached hydrogen (secondary N) is 1. The maximum absolute atomic E-state index is 13.9. The molecule has 2 aromatic carbocycles. The Kier molecular flexibility index (Phi) is 5.26. The molecule has 0 fully saturated rings. The maximum Gasteiger partial charge on any atom is 0.145 e. The molecule has 0 saturated carbocycles. The van der Waals surface area contributed by atoms with E-state index in [1.807, 2.05) is 0 Å². The van der Waals surface area contributed by atoms with Crippen LogP contribution >= 0.6 is 11.6 Å². The number of hydrogen-bond donors (Lipinski definition) is 1. The Morgan fingerprint density at radius 1 is 1.05 bits per heavy atom. The number of halogens is 4. The summed E-state index contributed by atoms with van der Waals surface area (Å²) in [5, 5.41) is 3.05. The van der Waals surface area contributed by atoms with Crippen LogP contribution in [0.25, 0.3) is 0 Å². The van der Waals surface area contributed by atoms with E-state index in [9.17, 15) is 13.2 Å². The highest BCUT2D eigenvalue weighted by Gasteiger charge is 2.15. The second-order valence-electron chi connectivity index (χ2n) is 4.84. The van der Waals surface area contributed by atoms with E-state index in [4.69, 9.17) is 11.6 Å². The Labute approximate surface area is 126 Å². The summed E-state index contributed by atoms with van der Waals surface area (Å²) in [4.78, 5) is 0. The first-order chi connectivity index (χ1) is 10.0. The molecule has 0 aliphatic carbocycles. The zero-order valence-corrected chi connectivity index (χ0v) is 12.2. The second kappa shape index (κ2) is 6.96. The summed E-state index contributed by atoms with van der Waals surface area (Å²) >= 11 is 5.74. The molecule has 0 heterocycles. The van der Waals surface area contributed by atoms with E-state index in [-0.39, 0.29) is 23.0 Å². The van der Waals surface area contributed by atoms with Gasteiger partial charge in [0.15, 0.2) is 0 Å². The zero-order valence-electron chi connectivity index (χ0n) is 11.5. The lowest BCUT2D eigenvalue weighted by Crippen LogP contribution is -2.30. The van der Waals surface area contributed by atoms with Gasteiger partial charge in [-0.15, -0.1) is 0 Å². The molecule has 21 heavy (non-hydrogen) atoms. The number of hydrogen-bond acceptors (Lipinski definition) is 1. The van der Waals surface area contributed by atoms with E-state index in [0.29, 0.717) is 12.0 Å². The molecule has 0 aliphatic rings. The minimum atomic E-state index is -0.491. The van der Waals surface area contributed by atoms with Gasteiger partial charge in [0.25, 0.3) is 0 Å². The summed E-state index contributed by atoms with van der Waals surface area (Å²) in [6.45, 7) is 0. The van der Waals surface area contributed by atoms with Crippen LogP contribution < -0.4 is 5.32 Å². The van der Waals surface area contributed by atoms with Crippen molar-refractivity contribution in [2.45, 2.75) is 18.9 Å². The molecule has 0 amide bonds. The van der Waals surface area contributed by atoms with Gasteiger partial charge in [-0.2, -0.15) is 0 Å². The summed E-state index contributed by atoms with van der Waals surface area (Å²) in [5.74, 6) is -1.43. The molecule has 0 saturated heterocycles. The van der Waals surface area contributed by atoms with Gasteiger partial charge in [-0.05, 0) is 55.3 Å². The molecule has 1 N–H and O–H groups in total. The molecular weight excluding hydrogens is 299 g/mol. The smallest absolute Gasteiger partial charge is 0.145 e. The average molecular weight is 314 g/mol. The first-order valence-corrected chi connectivity index (χ1v) is 6.93. The normalized spacial score (nSPS) is 12.4. The summed E-state index contributed by atoms with van der Waals surface area (Å²) in [7, 11) is 1.70. The van der Waals surface area contributed by atoms with Crippen LogP contribution in [0.4, 0.5) is 13.2 Å². The quantitative estimate of drug-likeness (QED) is 0.875. The minimum Gasteiger partial charge on any atom is -0.316 e. The third-order valence-corrected chi connectivity index (χ3v) is 3.67. The lowest BCUT2D eigenvalue weighted by molar-refractivity contribution is 0.512. The van der Waals surface area contributed by atoms with Crippen LogP contribution in [0.2, 0.25) is 5.02 Å². The molecule has 2 aromatic rings. The molecule has 0 bridgehead atoms. The highest BCUT2D eigenvalue weighted by Crippen LogP contribution is 2.20. The topological polar surface area (TPSA) is 12.0 Å². The van der Waals surface area contributed by atoms with Crippen LogP contribution in [-0.2, 0) is 12.8 Å².